The van der Waals surface area contributed by atoms with E-state index in [9.17, 15) is 9.59 Å². The van der Waals surface area contributed by atoms with E-state index in [2.05, 4.69) is 10.6 Å². The molecule has 0 aliphatic rings. The first kappa shape index (κ1) is 22.4. The van der Waals surface area contributed by atoms with E-state index in [4.69, 9.17) is 27.9 Å². The lowest BCUT2D eigenvalue weighted by Gasteiger charge is -2.10. The molecule has 0 aliphatic heterocycles. The number of hydrogen-bond donors (Lipinski definition) is 2. The molecular formula is C24H20Cl2N2O3. The molecule has 0 unspecified atom stereocenters. The standard InChI is InChI=1S/C24H20Cl2N2O3/c1-15-6-3-4-9-20(15)24(30)28-19-8-5-7-18(14-19)27-22(29)11-10-16-12-17(25)13-21(26)23(16)31-2/h3-14H,1-2H3,(H,27,29)(H,28,30)/b11-10+. The fraction of sp³-hybridized carbons (Fsp3) is 0.0833. The third-order valence-corrected chi connectivity index (χ3v) is 4.93. The maximum atomic E-state index is 12.5. The van der Waals surface area contributed by atoms with Crippen molar-refractivity contribution >= 4 is 52.5 Å². The highest BCUT2D eigenvalue weighted by Crippen LogP contribution is 2.33. The minimum Gasteiger partial charge on any atom is -0.495 e. The third-order valence-electron chi connectivity index (χ3n) is 4.43. The van der Waals surface area contributed by atoms with Crippen LogP contribution in [0.15, 0.2) is 66.7 Å². The predicted octanol–water partition coefficient (Wildman–Crippen LogP) is 6.21. The molecule has 7 heteroatoms. The van der Waals surface area contributed by atoms with Gasteiger partial charge in [-0.25, -0.2) is 0 Å². The summed E-state index contributed by atoms with van der Waals surface area (Å²) in [6, 6.07) is 17.4. The highest BCUT2D eigenvalue weighted by atomic mass is 35.5. The fourth-order valence-electron chi connectivity index (χ4n) is 2.97. The summed E-state index contributed by atoms with van der Waals surface area (Å²) in [7, 11) is 1.49. The Morgan fingerprint density at radius 3 is 2.35 bits per heavy atom. The maximum Gasteiger partial charge on any atom is 0.255 e. The van der Waals surface area contributed by atoms with Crippen molar-refractivity contribution in [3.8, 4) is 5.75 Å². The number of amides is 2. The van der Waals surface area contributed by atoms with Gasteiger partial charge >= 0.3 is 0 Å². The number of methoxy groups -OCH3 is 1. The maximum absolute atomic E-state index is 12.5. The molecule has 2 amide bonds. The topological polar surface area (TPSA) is 67.4 Å². The largest absolute Gasteiger partial charge is 0.495 e. The molecule has 0 fully saturated rings. The lowest BCUT2D eigenvalue weighted by molar-refractivity contribution is -0.111. The number of benzene rings is 3. The SMILES string of the molecule is COc1c(Cl)cc(Cl)cc1/C=C/C(=O)Nc1cccc(NC(=O)c2ccccc2C)c1. The Bertz CT molecular complexity index is 1160. The van der Waals surface area contributed by atoms with Crippen LogP contribution in [-0.2, 0) is 4.79 Å². The lowest BCUT2D eigenvalue weighted by Crippen LogP contribution is -2.14. The average molecular weight is 455 g/mol. The van der Waals surface area contributed by atoms with Gasteiger partial charge in [0.25, 0.3) is 5.91 Å². The van der Waals surface area contributed by atoms with Crippen molar-refractivity contribution in [2.45, 2.75) is 6.92 Å². The van der Waals surface area contributed by atoms with Crippen LogP contribution in [-0.4, -0.2) is 18.9 Å². The van der Waals surface area contributed by atoms with Crippen LogP contribution >= 0.6 is 23.2 Å². The van der Waals surface area contributed by atoms with E-state index < -0.39 is 0 Å². The Morgan fingerprint density at radius 1 is 0.935 bits per heavy atom. The molecule has 0 aromatic heterocycles. The normalized spacial score (nSPS) is 10.7. The van der Waals surface area contributed by atoms with Gasteiger partial charge in [0, 0.05) is 33.6 Å². The zero-order valence-corrected chi connectivity index (χ0v) is 18.4. The minimum absolute atomic E-state index is 0.216. The molecule has 3 aromatic carbocycles. The number of anilines is 2. The average Bonchev–Trinajstić information content (AvgIpc) is 2.72. The van der Waals surface area contributed by atoms with Gasteiger partial charge in [0.1, 0.15) is 5.75 Å². The number of hydrogen-bond acceptors (Lipinski definition) is 3. The fourth-order valence-corrected chi connectivity index (χ4v) is 3.56. The van der Waals surface area contributed by atoms with Gasteiger partial charge in [-0.3, -0.25) is 9.59 Å². The second-order valence-corrected chi connectivity index (χ2v) is 7.53. The van der Waals surface area contributed by atoms with Gasteiger partial charge in [-0.05, 0) is 55.0 Å². The first-order valence-corrected chi connectivity index (χ1v) is 10.1. The molecule has 5 nitrogen and oxygen atoms in total. The van der Waals surface area contributed by atoms with E-state index >= 15 is 0 Å². The summed E-state index contributed by atoms with van der Waals surface area (Å²) < 4.78 is 5.27. The van der Waals surface area contributed by atoms with Gasteiger partial charge in [0.15, 0.2) is 0 Å². The van der Waals surface area contributed by atoms with E-state index in [1.165, 1.54) is 13.2 Å². The Hall–Kier alpha value is -3.28. The van der Waals surface area contributed by atoms with Crippen LogP contribution in [0, 0.1) is 6.92 Å². The molecule has 0 atom stereocenters. The van der Waals surface area contributed by atoms with Crippen molar-refractivity contribution in [3.05, 3.63) is 93.5 Å². The molecule has 3 rings (SSSR count). The highest BCUT2D eigenvalue weighted by molar-refractivity contribution is 6.36. The summed E-state index contributed by atoms with van der Waals surface area (Å²) >= 11 is 12.1. The predicted molar refractivity (Wildman–Crippen MR) is 126 cm³/mol. The van der Waals surface area contributed by atoms with E-state index in [1.54, 1.807) is 48.5 Å². The van der Waals surface area contributed by atoms with E-state index in [0.29, 0.717) is 38.3 Å². The summed E-state index contributed by atoms with van der Waals surface area (Å²) in [6.45, 7) is 1.87. The lowest BCUT2D eigenvalue weighted by atomic mass is 10.1. The van der Waals surface area contributed by atoms with Crippen LogP contribution in [0.5, 0.6) is 5.75 Å². The van der Waals surface area contributed by atoms with Crippen LogP contribution in [0.1, 0.15) is 21.5 Å². The molecule has 0 saturated heterocycles. The molecule has 2 N–H and O–H groups in total. The molecule has 0 saturated carbocycles. The van der Waals surface area contributed by atoms with Crippen LogP contribution in [0.2, 0.25) is 10.0 Å². The Kier molecular flexibility index (Phi) is 7.34. The molecule has 31 heavy (non-hydrogen) atoms. The number of aryl methyl sites for hydroxylation is 1. The van der Waals surface area contributed by atoms with Crippen molar-refractivity contribution in [1.29, 1.82) is 0 Å². The Balaban J connectivity index is 1.70. The Morgan fingerprint density at radius 2 is 1.65 bits per heavy atom. The molecule has 0 radical (unpaired) electrons. The number of carbonyl (C=O) groups is 2. The van der Waals surface area contributed by atoms with Crippen molar-refractivity contribution < 1.29 is 14.3 Å². The quantitative estimate of drug-likeness (QED) is 0.434. The van der Waals surface area contributed by atoms with Gasteiger partial charge in [0.2, 0.25) is 5.91 Å². The van der Waals surface area contributed by atoms with Gasteiger partial charge in [0.05, 0.1) is 12.1 Å². The van der Waals surface area contributed by atoms with Crippen LogP contribution in [0.4, 0.5) is 11.4 Å². The summed E-state index contributed by atoms with van der Waals surface area (Å²) in [4.78, 5) is 24.9. The number of halogens is 2. The minimum atomic E-state index is -0.361. The zero-order chi connectivity index (χ0) is 22.4. The first-order valence-electron chi connectivity index (χ1n) is 9.36. The molecule has 0 spiro atoms. The van der Waals surface area contributed by atoms with Crippen LogP contribution < -0.4 is 15.4 Å². The smallest absolute Gasteiger partial charge is 0.255 e. The number of rotatable bonds is 6. The summed E-state index contributed by atoms with van der Waals surface area (Å²) in [5.74, 6) is -0.150. The monoisotopic (exact) mass is 454 g/mol. The number of ether oxygens (including phenoxy) is 1. The van der Waals surface area contributed by atoms with E-state index in [-0.39, 0.29) is 11.8 Å². The van der Waals surface area contributed by atoms with Gasteiger partial charge in [-0.15, -0.1) is 0 Å². The van der Waals surface area contributed by atoms with Crippen LogP contribution in [0.3, 0.4) is 0 Å². The second-order valence-electron chi connectivity index (χ2n) is 6.68. The van der Waals surface area contributed by atoms with Gasteiger partial charge in [-0.1, -0.05) is 47.5 Å². The summed E-state index contributed by atoms with van der Waals surface area (Å²) in [5.41, 5.74) is 3.15. The number of nitrogens with one attached hydrogen (secondary N) is 2. The summed E-state index contributed by atoms with van der Waals surface area (Å²) in [6.07, 6.45) is 2.92. The number of carbonyl (C=O) groups excluding carboxylic acids is 2. The van der Waals surface area contributed by atoms with Crippen molar-refractivity contribution in [2.75, 3.05) is 17.7 Å². The van der Waals surface area contributed by atoms with Crippen LogP contribution in [0.25, 0.3) is 6.08 Å². The summed E-state index contributed by atoms with van der Waals surface area (Å²) in [5, 5.41) is 6.39. The molecule has 158 valence electrons. The highest BCUT2D eigenvalue weighted by Gasteiger charge is 2.10. The third kappa shape index (κ3) is 5.87. The second kappa shape index (κ2) is 10.2. The first-order chi connectivity index (χ1) is 14.9. The molecule has 0 aliphatic carbocycles. The van der Waals surface area contributed by atoms with Gasteiger partial charge in [-0.2, -0.15) is 0 Å². The van der Waals surface area contributed by atoms with Crippen molar-refractivity contribution in [2.24, 2.45) is 0 Å². The van der Waals surface area contributed by atoms with Crippen molar-refractivity contribution in [1.82, 2.24) is 0 Å². The molecule has 0 heterocycles. The van der Waals surface area contributed by atoms with E-state index in [0.717, 1.165) is 5.56 Å². The molecule has 0 bridgehead atoms. The molecule has 3 aromatic rings. The van der Waals surface area contributed by atoms with E-state index in [1.807, 2.05) is 25.1 Å². The van der Waals surface area contributed by atoms with Gasteiger partial charge < -0.3 is 15.4 Å². The Labute approximate surface area is 190 Å². The van der Waals surface area contributed by atoms with Crippen molar-refractivity contribution in [3.63, 3.8) is 0 Å². The molecular weight excluding hydrogens is 435 g/mol. The zero-order valence-electron chi connectivity index (χ0n) is 16.9.